The lowest BCUT2D eigenvalue weighted by Crippen LogP contribution is -2.28. The first-order chi connectivity index (χ1) is 8.19. The molecule has 0 aliphatic carbocycles. The number of aryl methyl sites for hydroxylation is 1. The van der Waals surface area contributed by atoms with E-state index in [-0.39, 0.29) is 6.04 Å². The molecule has 1 unspecified atom stereocenters. The van der Waals surface area contributed by atoms with Crippen LogP contribution in [0.15, 0.2) is 22.7 Å². The van der Waals surface area contributed by atoms with Crippen LogP contribution < -0.4 is 11.1 Å². The van der Waals surface area contributed by atoms with Gasteiger partial charge in [-0.2, -0.15) is 0 Å². The van der Waals surface area contributed by atoms with Crippen LogP contribution in [0.5, 0.6) is 0 Å². The molecular weight excluding hydrogens is 276 g/mol. The highest BCUT2D eigenvalue weighted by Crippen LogP contribution is 2.21. The van der Waals surface area contributed by atoms with Crippen LogP contribution in [0.3, 0.4) is 0 Å². The van der Waals surface area contributed by atoms with Gasteiger partial charge in [0.25, 0.3) is 0 Å². The van der Waals surface area contributed by atoms with Crippen molar-refractivity contribution in [2.45, 2.75) is 26.3 Å². The number of rotatable bonds is 5. The molecule has 0 heterocycles. The number of nitrogens with one attached hydrogen (secondary N) is 1. The lowest BCUT2D eigenvalue weighted by Gasteiger charge is -2.17. The van der Waals surface area contributed by atoms with Crippen LogP contribution in [0.25, 0.3) is 0 Å². The molecule has 17 heavy (non-hydrogen) atoms. The molecule has 1 aromatic carbocycles. The average molecular weight is 295 g/mol. The minimum atomic E-state index is 0.200. The second-order valence-corrected chi connectivity index (χ2v) is 4.78. The van der Waals surface area contributed by atoms with E-state index >= 15 is 0 Å². The van der Waals surface area contributed by atoms with Gasteiger partial charge in [-0.25, -0.2) is 0 Å². The molecular formula is C14H19BrN2. The molecule has 0 fully saturated rings. The second kappa shape index (κ2) is 7.50. The molecule has 3 N–H and O–H groups in total. The van der Waals surface area contributed by atoms with Crippen molar-refractivity contribution in [2.24, 2.45) is 5.73 Å². The Morgan fingerprint density at radius 2 is 2.24 bits per heavy atom. The Morgan fingerprint density at radius 3 is 2.82 bits per heavy atom. The molecule has 1 rings (SSSR count). The fourth-order valence-corrected chi connectivity index (χ4v) is 1.99. The lowest BCUT2D eigenvalue weighted by molar-refractivity contribution is 0.550. The third-order valence-electron chi connectivity index (χ3n) is 2.65. The van der Waals surface area contributed by atoms with Gasteiger partial charge in [0.15, 0.2) is 0 Å². The average Bonchev–Trinajstić information content (AvgIpc) is 2.33. The Hall–Kier alpha value is -0.820. The second-order valence-electron chi connectivity index (χ2n) is 3.93. The summed E-state index contributed by atoms with van der Waals surface area (Å²) in [6.45, 7) is 5.40. The molecule has 2 nitrogen and oxygen atoms in total. The maximum absolute atomic E-state index is 5.79. The van der Waals surface area contributed by atoms with Gasteiger partial charge in [0.05, 0.1) is 0 Å². The first-order valence-electron chi connectivity index (χ1n) is 5.78. The van der Waals surface area contributed by atoms with Crippen molar-refractivity contribution >= 4 is 15.9 Å². The van der Waals surface area contributed by atoms with Crippen molar-refractivity contribution < 1.29 is 0 Å². The third kappa shape index (κ3) is 4.51. The van der Waals surface area contributed by atoms with Crippen molar-refractivity contribution in [2.75, 3.05) is 13.1 Å². The zero-order valence-corrected chi connectivity index (χ0v) is 12.0. The van der Waals surface area contributed by atoms with Crippen LogP contribution in [-0.4, -0.2) is 13.1 Å². The molecule has 0 aromatic heterocycles. The van der Waals surface area contributed by atoms with Crippen LogP contribution in [0.2, 0.25) is 0 Å². The quantitative estimate of drug-likeness (QED) is 0.647. The van der Waals surface area contributed by atoms with Gasteiger partial charge in [-0.3, -0.25) is 0 Å². The number of halogens is 1. The highest BCUT2D eigenvalue weighted by atomic mass is 79.9. The number of hydrogen-bond acceptors (Lipinski definition) is 2. The first-order valence-corrected chi connectivity index (χ1v) is 6.57. The Balaban J connectivity index is 2.64. The summed E-state index contributed by atoms with van der Waals surface area (Å²) in [6, 6.07) is 6.56. The van der Waals surface area contributed by atoms with E-state index in [0.29, 0.717) is 6.54 Å². The first kappa shape index (κ1) is 14.2. The largest absolute Gasteiger partial charge is 0.329 e. The van der Waals surface area contributed by atoms with Crippen LogP contribution in [0.4, 0.5) is 0 Å². The summed E-state index contributed by atoms with van der Waals surface area (Å²) in [6.07, 6.45) is 0.861. The molecule has 92 valence electrons. The van der Waals surface area contributed by atoms with Gasteiger partial charge in [0.1, 0.15) is 0 Å². The van der Waals surface area contributed by atoms with Gasteiger partial charge in [-0.05, 0) is 31.0 Å². The van der Waals surface area contributed by atoms with Crippen molar-refractivity contribution in [1.29, 1.82) is 0 Å². The van der Waals surface area contributed by atoms with Gasteiger partial charge >= 0.3 is 0 Å². The van der Waals surface area contributed by atoms with Crippen molar-refractivity contribution in [1.82, 2.24) is 5.32 Å². The van der Waals surface area contributed by atoms with Gasteiger partial charge in [-0.15, -0.1) is 11.8 Å². The molecule has 0 saturated heterocycles. The van der Waals surface area contributed by atoms with Gasteiger partial charge < -0.3 is 11.1 Å². The predicted molar refractivity (Wildman–Crippen MR) is 76.7 cm³/mol. The Kier molecular flexibility index (Phi) is 6.28. The summed E-state index contributed by atoms with van der Waals surface area (Å²) in [5.74, 6) is 5.92. The highest BCUT2D eigenvalue weighted by molar-refractivity contribution is 9.10. The summed E-state index contributed by atoms with van der Waals surface area (Å²) >= 11 is 3.55. The number of benzene rings is 1. The third-order valence-corrected chi connectivity index (χ3v) is 3.51. The fraction of sp³-hybridized carbons (Fsp3) is 0.429. The maximum Gasteiger partial charge on any atom is 0.0445 e. The fourth-order valence-electron chi connectivity index (χ4n) is 1.60. The molecule has 0 saturated carbocycles. The molecule has 0 spiro atoms. The van der Waals surface area contributed by atoms with Crippen LogP contribution in [0, 0.1) is 18.8 Å². The molecule has 1 aromatic rings. The van der Waals surface area contributed by atoms with E-state index in [9.17, 15) is 0 Å². The lowest BCUT2D eigenvalue weighted by atomic mass is 10.1. The zero-order chi connectivity index (χ0) is 12.7. The Labute approximate surface area is 112 Å². The van der Waals surface area contributed by atoms with Crippen LogP contribution >= 0.6 is 15.9 Å². The topological polar surface area (TPSA) is 38.0 Å². The number of nitrogens with two attached hydrogens (primary N) is 1. The predicted octanol–water partition coefficient (Wildman–Crippen LogP) is 2.76. The SMILES string of the molecule is CC#CCCNC(CN)c1ccc(C)c(Br)c1. The smallest absolute Gasteiger partial charge is 0.0445 e. The molecule has 0 bridgehead atoms. The summed E-state index contributed by atoms with van der Waals surface area (Å²) in [5, 5.41) is 3.42. The van der Waals surface area contributed by atoms with Crippen molar-refractivity contribution in [3.8, 4) is 11.8 Å². The van der Waals surface area contributed by atoms with Crippen LogP contribution in [0.1, 0.15) is 30.5 Å². The molecule has 0 aliphatic rings. The van der Waals surface area contributed by atoms with Crippen molar-refractivity contribution in [3.05, 3.63) is 33.8 Å². The number of hydrogen-bond donors (Lipinski definition) is 2. The van der Waals surface area contributed by atoms with E-state index in [2.05, 4.69) is 58.2 Å². The van der Waals surface area contributed by atoms with Gasteiger partial charge in [-0.1, -0.05) is 28.1 Å². The Bertz CT molecular complexity index is 418. The van der Waals surface area contributed by atoms with E-state index in [4.69, 9.17) is 5.73 Å². The van der Waals surface area contributed by atoms with Crippen LogP contribution in [-0.2, 0) is 0 Å². The van der Waals surface area contributed by atoms with E-state index in [0.717, 1.165) is 17.4 Å². The van der Waals surface area contributed by atoms with Gasteiger partial charge in [0, 0.05) is 30.0 Å². The molecule has 0 aliphatic heterocycles. The standard InChI is InChI=1S/C14H19BrN2/c1-3-4-5-8-17-14(10-16)12-7-6-11(2)13(15)9-12/h6-7,9,14,17H,5,8,10,16H2,1-2H3. The van der Waals surface area contributed by atoms with E-state index < -0.39 is 0 Å². The summed E-state index contributed by atoms with van der Waals surface area (Å²) < 4.78 is 1.13. The maximum atomic E-state index is 5.79. The normalized spacial score (nSPS) is 11.8. The van der Waals surface area contributed by atoms with Crippen molar-refractivity contribution in [3.63, 3.8) is 0 Å². The van der Waals surface area contributed by atoms with E-state index in [1.165, 1.54) is 11.1 Å². The summed E-state index contributed by atoms with van der Waals surface area (Å²) in [7, 11) is 0. The molecule has 1 atom stereocenters. The summed E-state index contributed by atoms with van der Waals surface area (Å²) in [5.41, 5.74) is 8.25. The Morgan fingerprint density at radius 1 is 1.47 bits per heavy atom. The molecule has 0 radical (unpaired) electrons. The highest BCUT2D eigenvalue weighted by Gasteiger charge is 2.09. The summed E-state index contributed by atoms with van der Waals surface area (Å²) in [4.78, 5) is 0. The van der Waals surface area contributed by atoms with Gasteiger partial charge in [0.2, 0.25) is 0 Å². The van der Waals surface area contributed by atoms with E-state index in [1.54, 1.807) is 0 Å². The minimum absolute atomic E-state index is 0.200. The minimum Gasteiger partial charge on any atom is -0.329 e. The van der Waals surface area contributed by atoms with E-state index in [1.807, 2.05) is 6.92 Å². The molecule has 0 amide bonds. The monoisotopic (exact) mass is 294 g/mol. The zero-order valence-electron chi connectivity index (χ0n) is 10.4. The molecule has 3 heteroatoms.